The van der Waals surface area contributed by atoms with Crippen LogP contribution >= 0.6 is 24.8 Å². The fourth-order valence-corrected chi connectivity index (χ4v) is 10.2. The molecule has 0 nitrogen and oxygen atoms in total. The van der Waals surface area contributed by atoms with Crippen LogP contribution in [0.5, 0.6) is 0 Å². The predicted molar refractivity (Wildman–Crippen MR) is 255 cm³/mol. The van der Waals surface area contributed by atoms with E-state index in [2.05, 4.69) is 169 Å². The van der Waals surface area contributed by atoms with Crippen molar-refractivity contribution in [1.29, 1.82) is 0 Å². The van der Waals surface area contributed by atoms with E-state index < -0.39 is 0 Å². The first-order valence-electron chi connectivity index (χ1n) is 20.8. The van der Waals surface area contributed by atoms with Crippen LogP contribution < -0.4 is 0 Å². The summed E-state index contributed by atoms with van der Waals surface area (Å²) in [6.07, 6.45) is 14.2. The van der Waals surface area contributed by atoms with E-state index in [0.29, 0.717) is 17.3 Å². The SMILES string of the molecule is CC1=[C-]C(C)C=C1C(C)(C)C.C[C-]1C2=C3Cc4ccccc4C3=C3C=CCCC3C2(C)C(C)(C)C(C)(C)C1(C)C.Cc1cc[c-]cc1.Cc1cc[c-]cc1.Cl.Cl.[CH2]=[Zr]. The average molecular weight is 895 g/mol. The number of halogens is 2. The molecule has 5 aliphatic carbocycles. The van der Waals surface area contributed by atoms with Crippen LogP contribution in [0.1, 0.15) is 125 Å². The molecule has 0 amide bonds. The predicted octanol–water partition coefficient (Wildman–Crippen LogP) is 15.7. The summed E-state index contributed by atoms with van der Waals surface area (Å²) in [5, 5.41) is 0. The van der Waals surface area contributed by atoms with E-state index in [4.69, 9.17) is 0 Å². The Morgan fingerprint density at radius 3 is 1.72 bits per heavy atom. The number of rotatable bonds is 0. The van der Waals surface area contributed by atoms with Gasteiger partial charge < -0.3 is 0 Å². The van der Waals surface area contributed by atoms with Crippen LogP contribution in [0, 0.1) is 76.9 Å². The molecule has 0 radical (unpaired) electrons. The molecule has 0 aromatic heterocycles. The van der Waals surface area contributed by atoms with E-state index in [9.17, 15) is 0 Å². The zero-order valence-corrected chi connectivity index (χ0v) is 42.6. The molecule has 3 heteroatoms. The molecule has 314 valence electrons. The molecule has 3 unspecified atom stereocenters. The molecule has 8 rings (SSSR count). The third kappa shape index (κ3) is 9.85. The molecule has 0 aliphatic heterocycles. The summed E-state index contributed by atoms with van der Waals surface area (Å²) in [5.41, 5.74) is 16.0. The normalized spacial score (nSPS) is 23.5. The fourth-order valence-electron chi connectivity index (χ4n) is 10.2. The van der Waals surface area contributed by atoms with Crippen molar-refractivity contribution in [2.75, 3.05) is 0 Å². The number of fused-ring (bicyclic) bond motifs is 6. The Hall–Kier alpha value is -2.44. The maximum atomic E-state index is 3.40. The Labute approximate surface area is 383 Å². The van der Waals surface area contributed by atoms with Crippen LogP contribution in [-0.2, 0) is 30.7 Å². The van der Waals surface area contributed by atoms with Crippen molar-refractivity contribution in [1.82, 2.24) is 0 Å². The van der Waals surface area contributed by atoms with Crippen molar-refractivity contribution in [2.24, 2.45) is 38.9 Å². The monoisotopic (exact) mass is 892 g/mol. The van der Waals surface area contributed by atoms with Gasteiger partial charge in [0.1, 0.15) is 0 Å². The Balaban J connectivity index is 0.000000327. The Kier molecular flexibility index (Phi) is 18.2. The van der Waals surface area contributed by atoms with Gasteiger partial charge in [0, 0.05) is 0 Å². The first-order valence-corrected chi connectivity index (χ1v) is 22.5. The third-order valence-corrected chi connectivity index (χ3v) is 14.6. The average Bonchev–Trinajstić information content (AvgIpc) is 3.72. The molecular formula is C55H72Cl2Zr-4. The van der Waals surface area contributed by atoms with Gasteiger partial charge in [-0.05, 0) is 40.6 Å². The standard InChI is InChI=1S/C29H37.C11H17.2C7H7.CH2.2ClH.Zr/c1-18-25-22-17-19-13-9-10-14-20(19)24(22)21-15-11-12-16-23(21)29(25,8)28(6,7)27(4,5)26(18,2)3;1-8-6-9(2)10(7-8)11(3,4)5;2*1-7-5-3-2-4-6-7;;;;/h9-11,13-15,23H,12,16-17H2,1-8H3;7-8H,1-5H3;2*3-6H,1H3;1H2;2*1H;/q4*-1;;;;. The Bertz CT molecular complexity index is 1940. The van der Waals surface area contributed by atoms with Gasteiger partial charge in [0.15, 0.2) is 0 Å². The molecule has 0 N–H and O–H groups in total. The van der Waals surface area contributed by atoms with Crippen LogP contribution in [0.25, 0.3) is 5.57 Å². The van der Waals surface area contributed by atoms with Gasteiger partial charge in [-0.2, -0.15) is 94.6 Å². The molecule has 1 saturated carbocycles. The second-order valence-electron chi connectivity index (χ2n) is 19.3. The summed E-state index contributed by atoms with van der Waals surface area (Å²) in [6, 6.07) is 30.8. The summed E-state index contributed by atoms with van der Waals surface area (Å²) in [4.78, 5) is 0. The van der Waals surface area contributed by atoms with Crippen molar-refractivity contribution in [3.05, 3.63) is 165 Å². The molecule has 1 fully saturated rings. The van der Waals surface area contributed by atoms with Crippen molar-refractivity contribution in [3.8, 4) is 0 Å². The van der Waals surface area contributed by atoms with Gasteiger partial charge in [-0.1, -0.05) is 173 Å². The van der Waals surface area contributed by atoms with E-state index in [1.165, 1.54) is 70.5 Å². The number of aryl methyl sites for hydroxylation is 2. The minimum atomic E-state index is 0. The van der Waals surface area contributed by atoms with E-state index >= 15 is 0 Å². The van der Waals surface area contributed by atoms with Gasteiger partial charge in [0.2, 0.25) is 0 Å². The zero-order valence-electron chi connectivity index (χ0n) is 38.5. The molecule has 3 aromatic rings. The van der Waals surface area contributed by atoms with Crippen molar-refractivity contribution in [3.63, 3.8) is 0 Å². The molecule has 5 aliphatic rings. The first kappa shape index (κ1) is 51.7. The van der Waals surface area contributed by atoms with Crippen LogP contribution in [0.3, 0.4) is 0 Å². The molecule has 58 heavy (non-hydrogen) atoms. The minimum absolute atomic E-state index is 0. The topological polar surface area (TPSA) is 0 Å². The fraction of sp³-hybridized carbons (Fsp3) is 0.455. The third-order valence-electron chi connectivity index (χ3n) is 14.6. The Morgan fingerprint density at radius 2 is 1.29 bits per heavy atom. The quantitative estimate of drug-likeness (QED) is 0.197. The maximum absolute atomic E-state index is 3.40. The molecule has 0 heterocycles. The summed E-state index contributed by atoms with van der Waals surface area (Å²) in [5.74, 6) is 2.76. The van der Waals surface area contributed by atoms with Crippen molar-refractivity contribution >= 4 is 34.6 Å². The summed E-state index contributed by atoms with van der Waals surface area (Å²) >= 11 is 1.30. The molecule has 0 bridgehead atoms. The molecule has 0 spiro atoms. The number of allylic oxidation sites excluding steroid dienone is 10. The molecule has 0 saturated heterocycles. The number of hydrogen-bond acceptors (Lipinski definition) is 0. The number of hydrogen-bond donors (Lipinski definition) is 0. The van der Waals surface area contributed by atoms with Gasteiger partial charge in [-0.25, -0.2) is 11.5 Å². The van der Waals surface area contributed by atoms with Crippen LogP contribution in [0.2, 0.25) is 0 Å². The first-order chi connectivity index (χ1) is 26.2. The molecule has 3 atom stereocenters. The number of benzene rings is 3. The Morgan fingerprint density at radius 1 is 0.776 bits per heavy atom. The summed E-state index contributed by atoms with van der Waals surface area (Å²) in [7, 11) is 0. The van der Waals surface area contributed by atoms with E-state index in [-0.39, 0.29) is 46.5 Å². The van der Waals surface area contributed by atoms with Crippen LogP contribution in [0.4, 0.5) is 0 Å². The van der Waals surface area contributed by atoms with Crippen molar-refractivity contribution in [2.45, 2.75) is 123 Å². The second-order valence-corrected chi connectivity index (χ2v) is 19.3. The zero-order chi connectivity index (χ0) is 41.9. The second kappa shape index (κ2) is 20.4. The van der Waals surface area contributed by atoms with Gasteiger partial charge in [-0.3, -0.25) is 6.08 Å². The summed E-state index contributed by atoms with van der Waals surface area (Å²) in [6.45, 7) is 35.5. The molecule has 3 aromatic carbocycles. The van der Waals surface area contributed by atoms with Gasteiger partial charge in [0.05, 0.1) is 0 Å². The van der Waals surface area contributed by atoms with Gasteiger partial charge in [-0.15, -0.1) is 31.7 Å². The van der Waals surface area contributed by atoms with E-state index in [1.807, 2.05) is 48.5 Å². The summed E-state index contributed by atoms with van der Waals surface area (Å²) < 4.78 is 3.34. The van der Waals surface area contributed by atoms with Crippen LogP contribution in [0.15, 0.2) is 119 Å². The van der Waals surface area contributed by atoms with E-state index in [0.717, 1.165) is 6.42 Å². The molecular weight excluding hydrogens is 823 g/mol. The van der Waals surface area contributed by atoms with Crippen molar-refractivity contribution < 1.29 is 24.2 Å². The van der Waals surface area contributed by atoms with Gasteiger partial charge >= 0.3 is 28.4 Å². The van der Waals surface area contributed by atoms with Gasteiger partial charge in [0.25, 0.3) is 0 Å². The van der Waals surface area contributed by atoms with E-state index in [1.54, 1.807) is 28.2 Å². The van der Waals surface area contributed by atoms with Crippen LogP contribution in [-0.4, -0.2) is 4.21 Å².